The summed E-state index contributed by atoms with van der Waals surface area (Å²) in [5, 5.41) is 1.31. The van der Waals surface area contributed by atoms with Gasteiger partial charge in [-0.25, -0.2) is 4.79 Å². The van der Waals surface area contributed by atoms with Crippen LogP contribution in [0.3, 0.4) is 0 Å². The van der Waals surface area contributed by atoms with E-state index in [0.717, 1.165) is 10.6 Å². The lowest BCUT2D eigenvalue weighted by molar-refractivity contribution is 0.0527. The number of esters is 1. The van der Waals surface area contributed by atoms with Crippen molar-refractivity contribution in [1.82, 2.24) is 0 Å². The molecule has 0 spiro atoms. The van der Waals surface area contributed by atoms with Gasteiger partial charge in [0.2, 0.25) is 0 Å². The first-order valence-electron chi connectivity index (χ1n) is 6.76. The molecule has 0 aliphatic heterocycles. The molecule has 1 rings (SSSR count). The maximum atomic E-state index is 11.9. The second-order valence-electron chi connectivity index (χ2n) is 6.34. The van der Waals surface area contributed by atoms with Crippen LogP contribution in [0.15, 0.2) is 0 Å². The van der Waals surface area contributed by atoms with Crippen LogP contribution in [0.1, 0.15) is 43.6 Å². The van der Waals surface area contributed by atoms with E-state index < -0.39 is 8.32 Å². The third kappa shape index (κ3) is 3.35. The Morgan fingerprint density at radius 3 is 2.35 bits per heavy atom. The van der Waals surface area contributed by atoms with E-state index in [4.69, 9.17) is 14.9 Å². The molecule has 114 valence electrons. The number of nitrogens with two attached hydrogens (primary N) is 1. The third-order valence-electron chi connectivity index (χ3n) is 3.76. The number of hydrogen-bond acceptors (Lipinski definition) is 5. The van der Waals surface area contributed by atoms with Crippen molar-refractivity contribution in [3.8, 4) is 5.06 Å². The molecule has 1 aromatic heterocycles. The van der Waals surface area contributed by atoms with E-state index in [1.54, 1.807) is 6.92 Å². The predicted octanol–water partition coefficient (Wildman–Crippen LogP) is 4.20. The molecule has 0 amide bonds. The Morgan fingerprint density at radius 2 is 1.90 bits per heavy atom. The van der Waals surface area contributed by atoms with E-state index >= 15 is 0 Å². The fraction of sp³-hybridized carbons (Fsp3) is 0.643. The van der Waals surface area contributed by atoms with E-state index in [-0.39, 0.29) is 11.0 Å². The molecule has 0 atom stereocenters. The Kier molecular flexibility index (Phi) is 4.92. The van der Waals surface area contributed by atoms with Gasteiger partial charge in [-0.2, -0.15) is 0 Å². The van der Waals surface area contributed by atoms with Crippen LogP contribution in [0.5, 0.6) is 5.06 Å². The summed E-state index contributed by atoms with van der Waals surface area (Å²) in [4.78, 5) is 11.9. The van der Waals surface area contributed by atoms with E-state index in [9.17, 15) is 4.79 Å². The summed E-state index contributed by atoms with van der Waals surface area (Å²) in [5.41, 5.74) is 7.19. The third-order valence-corrected chi connectivity index (χ3v) is 9.24. The second kappa shape index (κ2) is 5.77. The first-order valence-corrected chi connectivity index (χ1v) is 10.5. The predicted molar refractivity (Wildman–Crippen MR) is 87.2 cm³/mol. The van der Waals surface area contributed by atoms with Crippen LogP contribution >= 0.6 is 11.3 Å². The zero-order valence-electron chi connectivity index (χ0n) is 13.4. The van der Waals surface area contributed by atoms with Crippen LogP contribution in [0, 0.1) is 6.92 Å². The van der Waals surface area contributed by atoms with Crippen LogP contribution in [0.2, 0.25) is 18.1 Å². The van der Waals surface area contributed by atoms with Gasteiger partial charge < -0.3 is 14.9 Å². The molecule has 4 nitrogen and oxygen atoms in total. The molecule has 20 heavy (non-hydrogen) atoms. The first kappa shape index (κ1) is 17.0. The summed E-state index contributed by atoms with van der Waals surface area (Å²) in [6.07, 6.45) is 0. The number of nitrogen functional groups attached to an aromatic ring is 1. The number of ether oxygens (including phenoxy) is 1. The molecule has 0 unspecified atom stereocenters. The van der Waals surface area contributed by atoms with Gasteiger partial charge in [-0.05, 0) is 32.0 Å². The Labute approximate surface area is 126 Å². The Hall–Kier alpha value is -1.01. The lowest BCUT2D eigenvalue weighted by atomic mass is 10.2. The Bertz CT molecular complexity index is 503. The van der Waals surface area contributed by atoms with Crippen LogP contribution in [0.25, 0.3) is 0 Å². The summed E-state index contributed by atoms with van der Waals surface area (Å²) >= 11 is 1.33. The summed E-state index contributed by atoms with van der Waals surface area (Å²) in [6, 6.07) is 0. The maximum Gasteiger partial charge on any atom is 0.341 e. The zero-order chi connectivity index (χ0) is 15.7. The first-order chi connectivity index (χ1) is 9.01. The number of thiophene rings is 1. The van der Waals surface area contributed by atoms with Gasteiger partial charge in [0.1, 0.15) is 10.6 Å². The van der Waals surface area contributed by atoms with E-state index in [2.05, 4.69) is 33.9 Å². The van der Waals surface area contributed by atoms with Crippen LogP contribution < -0.4 is 10.2 Å². The van der Waals surface area contributed by atoms with Crippen molar-refractivity contribution in [3.05, 3.63) is 11.1 Å². The molecule has 1 heterocycles. The van der Waals surface area contributed by atoms with E-state index in [1.807, 2.05) is 6.92 Å². The number of rotatable bonds is 4. The molecular formula is C14H25NO3SSi. The zero-order valence-corrected chi connectivity index (χ0v) is 15.2. The molecular weight excluding hydrogens is 290 g/mol. The van der Waals surface area contributed by atoms with Crippen LogP contribution in [0.4, 0.5) is 5.00 Å². The van der Waals surface area contributed by atoms with Crippen molar-refractivity contribution in [2.75, 3.05) is 12.3 Å². The van der Waals surface area contributed by atoms with Crippen molar-refractivity contribution >= 4 is 30.6 Å². The molecule has 6 heteroatoms. The summed E-state index contributed by atoms with van der Waals surface area (Å²) < 4.78 is 11.3. The van der Waals surface area contributed by atoms with Crippen molar-refractivity contribution in [3.63, 3.8) is 0 Å². The number of carbonyl (C=O) groups excluding carboxylic acids is 1. The van der Waals surface area contributed by atoms with Gasteiger partial charge in [-0.15, -0.1) is 0 Å². The van der Waals surface area contributed by atoms with Crippen molar-refractivity contribution in [2.24, 2.45) is 0 Å². The average molecular weight is 316 g/mol. The lowest BCUT2D eigenvalue weighted by Crippen LogP contribution is -2.43. The SMILES string of the molecule is CCOC(=O)c1c(N)sc(O[Si](C)(C)C(C)(C)C)c1C. The van der Waals surface area contributed by atoms with E-state index in [1.165, 1.54) is 11.3 Å². The maximum absolute atomic E-state index is 11.9. The van der Waals surface area contributed by atoms with Gasteiger partial charge in [-0.3, -0.25) is 0 Å². The molecule has 0 saturated heterocycles. The molecule has 0 radical (unpaired) electrons. The average Bonchev–Trinajstić information content (AvgIpc) is 2.52. The highest BCUT2D eigenvalue weighted by atomic mass is 32.1. The van der Waals surface area contributed by atoms with Gasteiger partial charge in [0.25, 0.3) is 8.32 Å². The second-order valence-corrected chi connectivity index (χ2v) is 12.1. The number of carbonyl (C=O) groups is 1. The summed E-state index contributed by atoms with van der Waals surface area (Å²) in [5.74, 6) is -0.371. The van der Waals surface area contributed by atoms with Crippen molar-refractivity contribution in [2.45, 2.75) is 52.8 Å². The van der Waals surface area contributed by atoms with Crippen molar-refractivity contribution in [1.29, 1.82) is 0 Å². The Morgan fingerprint density at radius 1 is 1.35 bits per heavy atom. The topological polar surface area (TPSA) is 61.5 Å². The highest BCUT2D eigenvalue weighted by Gasteiger charge is 2.40. The normalized spacial score (nSPS) is 12.3. The lowest BCUT2D eigenvalue weighted by Gasteiger charge is -2.36. The molecule has 0 aliphatic carbocycles. The molecule has 0 saturated carbocycles. The van der Waals surface area contributed by atoms with Crippen molar-refractivity contribution < 1.29 is 14.0 Å². The molecule has 1 aromatic rings. The fourth-order valence-electron chi connectivity index (χ4n) is 1.45. The van der Waals surface area contributed by atoms with Crippen LogP contribution in [-0.2, 0) is 4.74 Å². The highest BCUT2D eigenvalue weighted by molar-refractivity contribution is 7.18. The molecule has 0 aromatic carbocycles. The number of hydrogen-bond donors (Lipinski definition) is 1. The van der Waals surface area contributed by atoms with Gasteiger partial charge >= 0.3 is 5.97 Å². The minimum absolute atomic E-state index is 0.0995. The van der Waals surface area contributed by atoms with Gasteiger partial charge in [0.15, 0.2) is 5.06 Å². The molecule has 0 bridgehead atoms. The smallest absolute Gasteiger partial charge is 0.341 e. The molecule has 0 aliphatic rings. The Balaban J connectivity index is 3.12. The van der Waals surface area contributed by atoms with Gasteiger partial charge in [0, 0.05) is 5.56 Å². The number of anilines is 1. The standard InChI is InChI=1S/C14H25NO3SSi/c1-8-17-12(16)10-9(2)13(19-11(10)15)18-20(6,7)14(3,4)5/h8,15H2,1-7H3. The highest BCUT2D eigenvalue weighted by Crippen LogP contribution is 2.43. The minimum Gasteiger partial charge on any atom is -0.536 e. The minimum atomic E-state index is -1.94. The monoisotopic (exact) mass is 315 g/mol. The molecule has 2 N–H and O–H groups in total. The van der Waals surface area contributed by atoms with E-state index in [0.29, 0.717) is 17.2 Å². The van der Waals surface area contributed by atoms with Gasteiger partial charge in [-0.1, -0.05) is 32.1 Å². The summed E-state index contributed by atoms with van der Waals surface area (Å²) in [6.45, 7) is 14.9. The molecule has 0 fully saturated rings. The van der Waals surface area contributed by atoms with Gasteiger partial charge in [0.05, 0.1) is 6.61 Å². The quantitative estimate of drug-likeness (QED) is 0.668. The van der Waals surface area contributed by atoms with Crippen LogP contribution in [-0.4, -0.2) is 20.9 Å². The summed E-state index contributed by atoms with van der Waals surface area (Å²) in [7, 11) is -1.94. The fourth-order valence-corrected chi connectivity index (χ4v) is 3.96. The largest absolute Gasteiger partial charge is 0.536 e.